The third-order valence-electron chi connectivity index (χ3n) is 3.67. The van der Waals surface area contributed by atoms with Gasteiger partial charge < -0.3 is 10.0 Å². The Bertz CT molecular complexity index is 530. The average Bonchev–Trinajstić information content (AvgIpc) is 3.07. The Morgan fingerprint density at radius 2 is 1.79 bits per heavy atom. The maximum Gasteiger partial charge on any atom is 0.238 e. The Balaban J connectivity index is 1.70. The quantitative estimate of drug-likeness (QED) is 0.914. The normalized spacial score (nSPS) is 16.0. The summed E-state index contributed by atoms with van der Waals surface area (Å²) >= 11 is 0. The molecule has 1 aromatic heterocycles. The summed E-state index contributed by atoms with van der Waals surface area (Å²) in [5.74, 6) is 0.118. The van der Waals surface area contributed by atoms with Gasteiger partial charge in [0, 0.05) is 12.7 Å². The predicted molar refractivity (Wildman–Crippen MR) is 75.0 cm³/mol. The van der Waals surface area contributed by atoms with Crippen molar-refractivity contribution < 1.29 is 5.11 Å². The lowest BCUT2D eigenvalue weighted by Gasteiger charge is -2.13. The molecule has 1 saturated heterocycles. The smallest absolute Gasteiger partial charge is 0.238 e. The molecule has 2 aromatic rings. The fourth-order valence-corrected chi connectivity index (χ4v) is 2.60. The second-order valence-corrected chi connectivity index (χ2v) is 5.04. The minimum Gasteiger partial charge on any atom is -0.492 e. The summed E-state index contributed by atoms with van der Waals surface area (Å²) in [6.45, 7) is 4.23. The number of aromatic nitrogens is 2. The van der Waals surface area contributed by atoms with Crippen molar-refractivity contribution in [2.24, 2.45) is 0 Å². The zero-order valence-corrected chi connectivity index (χ0v) is 11.0. The van der Waals surface area contributed by atoms with Crippen LogP contribution in [0, 0.1) is 0 Å². The topological polar surface area (TPSA) is 41.3 Å². The van der Waals surface area contributed by atoms with Gasteiger partial charge >= 0.3 is 0 Å². The first kappa shape index (κ1) is 12.2. The lowest BCUT2D eigenvalue weighted by atomic mass is 10.1. The lowest BCUT2D eigenvalue weighted by Crippen LogP contribution is -2.24. The average molecular weight is 257 g/mol. The fraction of sp³-hybridized carbons (Fsp3) is 0.400. The van der Waals surface area contributed by atoms with Crippen LogP contribution in [-0.2, 0) is 6.54 Å². The van der Waals surface area contributed by atoms with E-state index in [2.05, 4.69) is 10.00 Å². The Morgan fingerprint density at radius 3 is 2.53 bits per heavy atom. The van der Waals surface area contributed by atoms with Gasteiger partial charge in [-0.1, -0.05) is 30.3 Å². The minimum atomic E-state index is 0.118. The molecule has 1 aromatic carbocycles. The Kier molecular flexibility index (Phi) is 3.51. The van der Waals surface area contributed by atoms with Gasteiger partial charge in [-0.3, -0.25) is 4.68 Å². The first-order valence-electron chi connectivity index (χ1n) is 6.87. The molecule has 19 heavy (non-hydrogen) atoms. The van der Waals surface area contributed by atoms with Crippen LogP contribution in [0.25, 0.3) is 11.1 Å². The van der Waals surface area contributed by atoms with E-state index in [-0.39, 0.29) is 5.88 Å². The summed E-state index contributed by atoms with van der Waals surface area (Å²) in [5.41, 5.74) is 1.81. The highest BCUT2D eigenvalue weighted by atomic mass is 16.3. The molecule has 0 unspecified atom stereocenters. The predicted octanol–water partition coefficient (Wildman–Crippen LogP) is 2.35. The van der Waals surface area contributed by atoms with Crippen LogP contribution in [0.15, 0.2) is 36.5 Å². The molecule has 0 saturated carbocycles. The van der Waals surface area contributed by atoms with E-state index in [0.29, 0.717) is 0 Å². The number of hydrogen-bond acceptors (Lipinski definition) is 3. The van der Waals surface area contributed by atoms with Gasteiger partial charge in [0.1, 0.15) is 0 Å². The van der Waals surface area contributed by atoms with Crippen LogP contribution in [0.5, 0.6) is 5.88 Å². The molecule has 1 aliphatic rings. The molecule has 0 spiro atoms. The number of nitrogens with zero attached hydrogens (tertiary/aromatic N) is 3. The molecular weight excluding hydrogens is 238 g/mol. The number of hydrogen-bond donors (Lipinski definition) is 1. The summed E-state index contributed by atoms with van der Waals surface area (Å²) < 4.78 is 1.84. The molecule has 1 N–H and O–H groups in total. The summed E-state index contributed by atoms with van der Waals surface area (Å²) in [6, 6.07) is 9.88. The zero-order chi connectivity index (χ0) is 13.1. The Morgan fingerprint density at radius 1 is 1.05 bits per heavy atom. The number of likely N-dealkylation sites (tertiary alicyclic amines) is 1. The molecule has 0 aliphatic carbocycles. The third kappa shape index (κ3) is 2.79. The van der Waals surface area contributed by atoms with Gasteiger partial charge in [0.2, 0.25) is 5.88 Å². The maximum atomic E-state index is 9.93. The number of aromatic hydroxyl groups is 1. The van der Waals surface area contributed by atoms with Crippen LogP contribution in [0.2, 0.25) is 0 Å². The van der Waals surface area contributed by atoms with Gasteiger partial charge in [-0.05, 0) is 31.5 Å². The van der Waals surface area contributed by atoms with Crippen LogP contribution in [0.4, 0.5) is 0 Å². The van der Waals surface area contributed by atoms with Crippen molar-refractivity contribution in [3.8, 4) is 17.0 Å². The van der Waals surface area contributed by atoms with Crippen LogP contribution in [-0.4, -0.2) is 39.4 Å². The standard InChI is InChI=1S/C15H19N3O/c19-15-14(13-6-2-1-3-7-13)12-18(16-15)11-10-17-8-4-5-9-17/h1-3,6-7,12H,4-5,8-11H2,(H,16,19). The van der Waals surface area contributed by atoms with Gasteiger partial charge in [-0.15, -0.1) is 5.10 Å². The van der Waals surface area contributed by atoms with Gasteiger partial charge in [0.15, 0.2) is 0 Å². The Labute approximate surface area is 113 Å². The fourth-order valence-electron chi connectivity index (χ4n) is 2.60. The highest BCUT2D eigenvalue weighted by molar-refractivity contribution is 5.67. The van der Waals surface area contributed by atoms with E-state index in [0.717, 1.165) is 24.2 Å². The molecule has 0 radical (unpaired) electrons. The second kappa shape index (κ2) is 5.45. The zero-order valence-electron chi connectivity index (χ0n) is 11.0. The van der Waals surface area contributed by atoms with Crippen molar-refractivity contribution in [1.29, 1.82) is 0 Å². The summed E-state index contributed by atoms with van der Waals surface area (Å²) in [7, 11) is 0. The molecule has 2 heterocycles. The van der Waals surface area contributed by atoms with E-state index >= 15 is 0 Å². The third-order valence-corrected chi connectivity index (χ3v) is 3.67. The molecule has 0 amide bonds. The van der Waals surface area contributed by atoms with Crippen molar-refractivity contribution in [2.75, 3.05) is 19.6 Å². The Hall–Kier alpha value is -1.81. The largest absolute Gasteiger partial charge is 0.492 e. The summed E-state index contributed by atoms with van der Waals surface area (Å²) in [4.78, 5) is 2.45. The molecule has 100 valence electrons. The van der Waals surface area contributed by atoms with E-state index in [1.807, 2.05) is 41.2 Å². The monoisotopic (exact) mass is 257 g/mol. The molecular formula is C15H19N3O. The van der Waals surface area contributed by atoms with Crippen molar-refractivity contribution in [3.63, 3.8) is 0 Å². The van der Waals surface area contributed by atoms with E-state index in [1.54, 1.807) is 0 Å². The molecule has 0 atom stereocenters. The van der Waals surface area contributed by atoms with Crippen LogP contribution in [0.1, 0.15) is 12.8 Å². The van der Waals surface area contributed by atoms with Crippen molar-refractivity contribution in [1.82, 2.24) is 14.7 Å². The van der Waals surface area contributed by atoms with Crippen LogP contribution >= 0.6 is 0 Å². The molecule has 3 rings (SSSR count). The SMILES string of the molecule is Oc1nn(CCN2CCCC2)cc1-c1ccccc1. The molecule has 4 nitrogen and oxygen atoms in total. The molecule has 1 fully saturated rings. The van der Waals surface area contributed by atoms with E-state index in [9.17, 15) is 5.11 Å². The highest BCUT2D eigenvalue weighted by Gasteiger charge is 2.13. The van der Waals surface area contributed by atoms with Crippen molar-refractivity contribution in [2.45, 2.75) is 19.4 Å². The summed E-state index contributed by atoms with van der Waals surface area (Å²) in [6.07, 6.45) is 4.54. The van der Waals surface area contributed by atoms with Gasteiger partial charge in [-0.25, -0.2) is 0 Å². The van der Waals surface area contributed by atoms with E-state index < -0.39 is 0 Å². The molecule has 4 heteroatoms. The van der Waals surface area contributed by atoms with Crippen molar-refractivity contribution in [3.05, 3.63) is 36.5 Å². The lowest BCUT2D eigenvalue weighted by molar-refractivity contribution is 0.313. The first-order valence-corrected chi connectivity index (χ1v) is 6.87. The van der Waals surface area contributed by atoms with Gasteiger partial charge in [-0.2, -0.15) is 0 Å². The minimum absolute atomic E-state index is 0.118. The number of benzene rings is 1. The molecule has 0 bridgehead atoms. The van der Waals surface area contributed by atoms with E-state index in [1.165, 1.54) is 25.9 Å². The number of rotatable bonds is 4. The highest BCUT2D eigenvalue weighted by Crippen LogP contribution is 2.27. The molecule has 1 aliphatic heterocycles. The van der Waals surface area contributed by atoms with Crippen LogP contribution in [0.3, 0.4) is 0 Å². The maximum absolute atomic E-state index is 9.93. The second-order valence-electron chi connectivity index (χ2n) is 5.04. The van der Waals surface area contributed by atoms with Crippen LogP contribution < -0.4 is 0 Å². The van der Waals surface area contributed by atoms with Crippen molar-refractivity contribution >= 4 is 0 Å². The summed E-state index contributed by atoms with van der Waals surface area (Å²) in [5, 5.41) is 14.1. The van der Waals surface area contributed by atoms with Gasteiger partial charge in [0.05, 0.1) is 12.1 Å². The van der Waals surface area contributed by atoms with Gasteiger partial charge in [0.25, 0.3) is 0 Å². The first-order chi connectivity index (χ1) is 9.33. The van der Waals surface area contributed by atoms with E-state index in [4.69, 9.17) is 0 Å².